The van der Waals surface area contributed by atoms with Crippen LogP contribution in [0, 0.1) is 5.82 Å². The first-order valence-electron chi connectivity index (χ1n) is 12.4. The van der Waals surface area contributed by atoms with Crippen molar-refractivity contribution in [1.82, 2.24) is 15.3 Å². The number of fused-ring (bicyclic) bond motifs is 1. The molecule has 4 N–H and O–H groups in total. The standard InChI is InChI=1S/C30H25F3N4O2/c31-21-6-7-26-25(15-21)20(16-36-26)13-28(38)37-27(11-17-9-22(32)14-23(33)10-17)29-24(5-2-8-35-29)18-3-1-4-19(12-18)30(34)39/h1-9,12,14-16,23,27,36H,10-11,13H2,(H2,34,39)(H,37,38). The minimum atomic E-state index is -1.47. The van der Waals surface area contributed by atoms with Crippen LogP contribution in [0.15, 0.2) is 90.5 Å². The van der Waals surface area contributed by atoms with E-state index < -0.39 is 29.8 Å². The van der Waals surface area contributed by atoms with Gasteiger partial charge in [0.2, 0.25) is 11.8 Å². The van der Waals surface area contributed by atoms with Gasteiger partial charge < -0.3 is 16.0 Å². The summed E-state index contributed by atoms with van der Waals surface area (Å²) < 4.78 is 42.1. The number of nitrogens with zero attached hydrogens (tertiary/aromatic N) is 1. The van der Waals surface area contributed by atoms with Crippen molar-refractivity contribution in [2.75, 3.05) is 0 Å². The number of alkyl halides is 1. The predicted molar refractivity (Wildman–Crippen MR) is 142 cm³/mol. The maximum absolute atomic E-state index is 14.2. The molecule has 0 fully saturated rings. The molecule has 6 nitrogen and oxygen atoms in total. The third-order valence-electron chi connectivity index (χ3n) is 6.65. The fourth-order valence-electron chi connectivity index (χ4n) is 4.90. The Morgan fingerprint density at radius 1 is 1.13 bits per heavy atom. The molecule has 39 heavy (non-hydrogen) atoms. The number of allylic oxidation sites excluding steroid dienone is 3. The average molecular weight is 531 g/mol. The molecule has 0 saturated heterocycles. The molecule has 1 aliphatic rings. The van der Waals surface area contributed by atoms with E-state index in [0.717, 1.165) is 6.08 Å². The van der Waals surface area contributed by atoms with Crippen LogP contribution in [0.2, 0.25) is 0 Å². The Balaban J connectivity index is 1.49. The summed E-state index contributed by atoms with van der Waals surface area (Å²) in [5.74, 6) is -2.06. The Kier molecular flexibility index (Phi) is 7.31. The summed E-state index contributed by atoms with van der Waals surface area (Å²) in [6, 6.07) is 13.7. The fraction of sp³-hybridized carbons (Fsp3) is 0.167. The number of nitrogens with two attached hydrogens (primary N) is 1. The number of hydrogen-bond donors (Lipinski definition) is 3. The van der Waals surface area contributed by atoms with Crippen LogP contribution in [0.25, 0.3) is 22.0 Å². The second-order valence-electron chi connectivity index (χ2n) is 9.46. The summed E-state index contributed by atoms with van der Waals surface area (Å²) in [7, 11) is 0. The second kappa shape index (κ2) is 11.0. The highest BCUT2D eigenvalue weighted by molar-refractivity contribution is 5.94. The Morgan fingerprint density at radius 2 is 1.97 bits per heavy atom. The molecular weight excluding hydrogens is 505 g/mol. The average Bonchev–Trinajstić information content (AvgIpc) is 3.29. The zero-order valence-electron chi connectivity index (χ0n) is 20.8. The normalized spacial score (nSPS) is 15.9. The van der Waals surface area contributed by atoms with E-state index in [4.69, 9.17) is 5.73 Å². The smallest absolute Gasteiger partial charge is 0.248 e. The molecule has 2 amide bonds. The SMILES string of the molecule is NC(=O)c1cccc(-c2cccnc2C(CC2=CC(F)=CC(F)C2)NC(=O)Cc2c[nH]c3ccc(F)cc23)c1. The van der Waals surface area contributed by atoms with E-state index in [1.807, 2.05) is 0 Å². The third-order valence-corrected chi connectivity index (χ3v) is 6.65. The van der Waals surface area contributed by atoms with E-state index >= 15 is 0 Å². The lowest BCUT2D eigenvalue weighted by Gasteiger charge is -2.24. The number of pyridine rings is 1. The molecule has 2 atom stereocenters. The van der Waals surface area contributed by atoms with Gasteiger partial charge in [-0.3, -0.25) is 14.6 Å². The van der Waals surface area contributed by atoms with Crippen molar-refractivity contribution in [3.8, 4) is 11.1 Å². The highest BCUT2D eigenvalue weighted by atomic mass is 19.1. The maximum Gasteiger partial charge on any atom is 0.248 e. The first-order chi connectivity index (χ1) is 18.8. The monoisotopic (exact) mass is 530 g/mol. The van der Waals surface area contributed by atoms with E-state index in [9.17, 15) is 22.8 Å². The lowest BCUT2D eigenvalue weighted by Crippen LogP contribution is -2.31. The summed E-state index contributed by atoms with van der Waals surface area (Å²) >= 11 is 0. The molecule has 0 bridgehead atoms. The number of aromatic amines is 1. The number of halogens is 3. The van der Waals surface area contributed by atoms with Crippen LogP contribution in [0.5, 0.6) is 0 Å². The highest BCUT2D eigenvalue weighted by Crippen LogP contribution is 2.34. The van der Waals surface area contributed by atoms with Crippen LogP contribution in [-0.4, -0.2) is 28.0 Å². The maximum atomic E-state index is 14.2. The van der Waals surface area contributed by atoms with E-state index in [-0.39, 0.29) is 25.2 Å². The van der Waals surface area contributed by atoms with Gasteiger partial charge in [-0.1, -0.05) is 23.8 Å². The Bertz CT molecular complexity index is 1630. The molecule has 198 valence electrons. The fourth-order valence-corrected chi connectivity index (χ4v) is 4.90. The number of carbonyl (C=O) groups excluding carboxylic acids is 2. The lowest BCUT2D eigenvalue weighted by atomic mass is 9.91. The van der Waals surface area contributed by atoms with Crippen molar-refractivity contribution in [2.24, 2.45) is 5.73 Å². The Morgan fingerprint density at radius 3 is 2.77 bits per heavy atom. The number of nitrogens with one attached hydrogen (secondary N) is 2. The quantitative estimate of drug-likeness (QED) is 0.269. The summed E-state index contributed by atoms with van der Waals surface area (Å²) in [5, 5.41) is 3.56. The van der Waals surface area contributed by atoms with E-state index in [2.05, 4.69) is 15.3 Å². The first kappa shape index (κ1) is 26.0. The predicted octanol–water partition coefficient (Wildman–Crippen LogP) is 5.78. The zero-order chi connectivity index (χ0) is 27.5. The van der Waals surface area contributed by atoms with Gasteiger partial charge >= 0.3 is 0 Å². The molecule has 1 aliphatic carbocycles. The molecule has 2 unspecified atom stereocenters. The van der Waals surface area contributed by atoms with E-state index in [0.29, 0.717) is 44.4 Å². The topological polar surface area (TPSA) is 101 Å². The van der Waals surface area contributed by atoms with Crippen LogP contribution in [-0.2, 0) is 11.2 Å². The zero-order valence-corrected chi connectivity index (χ0v) is 20.8. The minimum absolute atomic E-state index is 0.0131. The van der Waals surface area contributed by atoms with Crippen LogP contribution in [0.4, 0.5) is 13.2 Å². The largest absolute Gasteiger partial charge is 0.366 e. The van der Waals surface area contributed by atoms with Crippen LogP contribution < -0.4 is 11.1 Å². The number of hydrogen-bond acceptors (Lipinski definition) is 3. The molecule has 0 saturated carbocycles. The summed E-state index contributed by atoms with van der Waals surface area (Å²) in [6.07, 6.45) is 3.96. The number of carbonyl (C=O) groups is 2. The van der Waals surface area contributed by atoms with Gasteiger partial charge in [0.25, 0.3) is 0 Å². The number of amides is 2. The van der Waals surface area contributed by atoms with Crippen molar-refractivity contribution < 1.29 is 22.8 Å². The molecule has 0 aliphatic heterocycles. The van der Waals surface area contributed by atoms with E-state index in [1.165, 1.54) is 18.2 Å². The van der Waals surface area contributed by atoms with Crippen molar-refractivity contribution in [2.45, 2.75) is 31.5 Å². The summed E-state index contributed by atoms with van der Waals surface area (Å²) in [5.41, 5.74) is 9.28. The van der Waals surface area contributed by atoms with Crippen molar-refractivity contribution >= 4 is 22.7 Å². The lowest BCUT2D eigenvalue weighted by molar-refractivity contribution is -0.121. The van der Waals surface area contributed by atoms with Crippen molar-refractivity contribution in [3.05, 3.63) is 113 Å². The van der Waals surface area contributed by atoms with Gasteiger partial charge in [0.15, 0.2) is 0 Å². The minimum Gasteiger partial charge on any atom is -0.366 e. The third kappa shape index (κ3) is 5.93. The van der Waals surface area contributed by atoms with Gasteiger partial charge in [0.05, 0.1) is 18.2 Å². The van der Waals surface area contributed by atoms with Gasteiger partial charge in [-0.05, 0) is 66.1 Å². The number of aromatic nitrogens is 2. The number of benzene rings is 2. The molecule has 9 heteroatoms. The molecule has 0 radical (unpaired) electrons. The number of rotatable bonds is 8. The van der Waals surface area contributed by atoms with Gasteiger partial charge in [-0.25, -0.2) is 13.2 Å². The second-order valence-corrected chi connectivity index (χ2v) is 9.46. The molecule has 4 aromatic rings. The van der Waals surface area contributed by atoms with Crippen molar-refractivity contribution in [1.29, 1.82) is 0 Å². The number of H-pyrrole nitrogens is 1. The molecule has 5 rings (SSSR count). The van der Waals surface area contributed by atoms with Crippen LogP contribution in [0.3, 0.4) is 0 Å². The number of primary amides is 1. The molecule has 0 spiro atoms. The Hall–Kier alpha value is -4.66. The Labute approximate surface area is 222 Å². The molecular formula is C30H25F3N4O2. The van der Waals surface area contributed by atoms with Crippen LogP contribution in [0.1, 0.15) is 40.5 Å². The molecule has 2 heterocycles. The summed E-state index contributed by atoms with van der Waals surface area (Å²) in [6.45, 7) is 0. The summed E-state index contributed by atoms with van der Waals surface area (Å²) in [4.78, 5) is 32.6. The van der Waals surface area contributed by atoms with Crippen molar-refractivity contribution in [3.63, 3.8) is 0 Å². The highest BCUT2D eigenvalue weighted by Gasteiger charge is 2.25. The molecule has 2 aromatic carbocycles. The van der Waals surface area contributed by atoms with Crippen LogP contribution >= 0.6 is 0 Å². The van der Waals surface area contributed by atoms with Gasteiger partial charge in [0, 0.05) is 40.8 Å². The van der Waals surface area contributed by atoms with Gasteiger partial charge in [-0.15, -0.1) is 0 Å². The molecule has 2 aromatic heterocycles. The first-order valence-corrected chi connectivity index (χ1v) is 12.4. The van der Waals surface area contributed by atoms with Gasteiger partial charge in [0.1, 0.15) is 17.8 Å². The van der Waals surface area contributed by atoms with Gasteiger partial charge in [-0.2, -0.15) is 0 Å². The van der Waals surface area contributed by atoms with E-state index in [1.54, 1.807) is 54.9 Å².